The number of hydrogen-bond donors (Lipinski definition) is 1. The summed E-state index contributed by atoms with van der Waals surface area (Å²) in [5.74, 6) is -0.742. The summed E-state index contributed by atoms with van der Waals surface area (Å²) in [7, 11) is 0. The van der Waals surface area contributed by atoms with Gasteiger partial charge in [-0.15, -0.1) is 22.0 Å². The third kappa shape index (κ3) is 3.42. The standard InChI is InChI=1S/C14H12F3N5O3S/c15-14(16,17)13-20-19-11-12(26-6-2-1-5-23)18-9-4-3-8(22(24)25)7-10(9)21(11)13/h3-4,7,23H,1-2,5-6H2. The number of nitrogens with zero attached hydrogens (tertiary/aromatic N) is 5. The number of aliphatic hydroxyl groups is 1. The summed E-state index contributed by atoms with van der Waals surface area (Å²) in [4.78, 5) is 14.6. The Hall–Kier alpha value is -2.47. The minimum Gasteiger partial charge on any atom is -0.396 e. The SMILES string of the molecule is O=[N+]([O-])c1ccc2nc(SCCCCO)c3nnc(C(F)(F)F)n3c2c1. The smallest absolute Gasteiger partial charge is 0.396 e. The topological polar surface area (TPSA) is 106 Å². The first-order chi connectivity index (χ1) is 12.3. The van der Waals surface area contributed by atoms with E-state index in [1.807, 2.05) is 0 Å². The molecule has 138 valence electrons. The molecule has 0 saturated heterocycles. The molecule has 0 amide bonds. The predicted octanol–water partition coefficient (Wildman–Crippen LogP) is 3.07. The van der Waals surface area contributed by atoms with Crippen LogP contribution in [0.25, 0.3) is 16.7 Å². The zero-order chi connectivity index (χ0) is 18.9. The van der Waals surface area contributed by atoms with Crippen molar-refractivity contribution in [3.63, 3.8) is 0 Å². The number of nitro benzene ring substituents is 1. The van der Waals surface area contributed by atoms with E-state index in [0.29, 0.717) is 18.6 Å². The van der Waals surface area contributed by atoms with Crippen LogP contribution in [0.1, 0.15) is 18.7 Å². The molecule has 0 bridgehead atoms. The molecule has 3 rings (SSSR count). The lowest BCUT2D eigenvalue weighted by atomic mass is 10.2. The molecular weight excluding hydrogens is 375 g/mol. The van der Waals surface area contributed by atoms with Crippen molar-refractivity contribution in [3.05, 3.63) is 34.1 Å². The van der Waals surface area contributed by atoms with E-state index in [0.717, 1.165) is 10.5 Å². The summed E-state index contributed by atoms with van der Waals surface area (Å²) >= 11 is 1.19. The highest BCUT2D eigenvalue weighted by Gasteiger charge is 2.38. The van der Waals surface area contributed by atoms with Gasteiger partial charge in [0.15, 0.2) is 5.65 Å². The highest BCUT2D eigenvalue weighted by Crippen LogP contribution is 2.34. The normalized spacial score (nSPS) is 12.2. The van der Waals surface area contributed by atoms with Crippen LogP contribution in [0.5, 0.6) is 0 Å². The quantitative estimate of drug-likeness (QED) is 0.300. The minimum absolute atomic E-state index is 0.0218. The van der Waals surface area contributed by atoms with E-state index in [4.69, 9.17) is 5.11 Å². The number of nitro groups is 1. The molecule has 0 atom stereocenters. The zero-order valence-electron chi connectivity index (χ0n) is 13.1. The lowest BCUT2D eigenvalue weighted by Crippen LogP contribution is -2.12. The van der Waals surface area contributed by atoms with Crippen LogP contribution < -0.4 is 0 Å². The van der Waals surface area contributed by atoms with Gasteiger partial charge < -0.3 is 5.11 Å². The molecule has 0 spiro atoms. The average molecular weight is 387 g/mol. The lowest BCUT2D eigenvalue weighted by molar-refractivity contribution is -0.384. The molecule has 0 radical (unpaired) electrons. The summed E-state index contributed by atoms with van der Waals surface area (Å²) in [5.41, 5.74) is -0.394. The molecule has 2 heterocycles. The zero-order valence-corrected chi connectivity index (χ0v) is 13.9. The summed E-state index contributed by atoms with van der Waals surface area (Å²) in [6, 6.07) is 3.50. The number of benzene rings is 1. The third-order valence-electron chi connectivity index (χ3n) is 3.53. The van der Waals surface area contributed by atoms with Crippen LogP contribution >= 0.6 is 11.8 Å². The van der Waals surface area contributed by atoms with Crippen molar-refractivity contribution in [2.45, 2.75) is 24.0 Å². The molecule has 12 heteroatoms. The van der Waals surface area contributed by atoms with Crippen molar-refractivity contribution in [1.29, 1.82) is 0 Å². The van der Waals surface area contributed by atoms with Crippen molar-refractivity contribution in [3.8, 4) is 0 Å². The fourth-order valence-electron chi connectivity index (χ4n) is 2.37. The number of non-ortho nitro benzene ring substituents is 1. The van der Waals surface area contributed by atoms with E-state index in [1.165, 1.54) is 23.9 Å². The number of alkyl halides is 3. The van der Waals surface area contributed by atoms with E-state index in [2.05, 4.69) is 15.2 Å². The van der Waals surface area contributed by atoms with Gasteiger partial charge in [-0.1, -0.05) is 0 Å². The van der Waals surface area contributed by atoms with Gasteiger partial charge in [-0.3, -0.25) is 14.5 Å². The number of halogens is 3. The van der Waals surface area contributed by atoms with Crippen molar-refractivity contribution >= 4 is 34.1 Å². The Bertz CT molecular complexity index is 976. The first-order valence-corrected chi connectivity index (χ1v) is 8.45. The highest BCUT2D eigenvalue weighted by atomic mass is 32.2. The van der Waals surface area contributed by atoms with E-state index in [9.17, 15) is 23.3 Å². The molecule has 1 aromatic carbocycles. The van der Waals surface area contributed by atoms with Gasteiger partial charge in [0.05, 0.1) is 16.0 Å². The van der Waals surface area contributed by atoms with Crippen LogP contribution in [0.2, 0.25) is 0 Å². The molecule has 1 N–H and O–H groups in total. The number of thioether (sulfide) groups is 1. The molecule has 8 nitrogen and oxygen atoms in total. The van der Waals surface area contributed by atoms with Crippen LogP contribution in [0.15, 0.2) is 23.2 Å². The van der Waals surface area contributed by atoms with Gasteiger partial charge in [0.25, 0.3) is 5.69 Å². The molecule has 0 aliphatic rings. The van der Waals surface area contributed by atoms with Crippen LogP contribution in [-0.4, -0.2) is 42.0 Å². The second-order valence-corrected chi connectivity index (χ2v) is 6.39. The van der Waals surface area contributed by atoms with Crippen molar-refractivity contribution in [1.82, 2.24) is 19.6 Å². The van der Waals surface area contributed by atoms with Crippen LogP contribution in [0, 0.1) is 10.1 Å². The maximum absolute atomic E-state index is 13.3. The number of hydrogen-bond acceptors (Lipinski definition) is 7. The van der Waals surface area contributed by atoms with E-state index >= 15 is 0 Å². The summed E-state index contributed by atoms with van der Waals surface area (Å²) in [6.07, 6.45) is -3.58. The number of aromatic nitrogens is 4. The van der Waals surface area contributed by atoms with Gasteiger partial charge in [0.1, 0.15) is 5.03 Å². The van der Waals surface area contributed by atoms with E-state index in [1.54, 1.807) is 0 Å². The largest absolute Gasteiger partial charge is 0.452 e. The number of unbranched alkanes of at least 4 members (excludes halogenated alkanes) is 1. The Morgan fingerprint density at radius 1 is 1.27 bits per heavy atom. The van der Waals surface area contributed by atoms with Crippen molar-refractivity contribution in [2.24, 2.45) is 0 Å². The van der Waals surface area contributed by atoms with Crippen molar-refractivity contribution in [2.75, 3.05) is 12.4 Å². The third-order valence-corrected chi connectivity index (χ3v) is 4.57. The Morgan fingerprint density at radius 2 is 2.04 bits per heavy atom. The van der Waals surface area contributed by atoms with Crippen LogP contribution in [0.4, 0.5) is 18.9 Å². The van der Waals surface area contributed by atoms with E-state index < -0.39 is 16.9 Å². The first-order valence-electron chi connectivity index (χ1n) is 7.47. The van der Waals surface area contributed by atoms with Gasteiger partial charge in [0, 0.05) is 18.7 Å². The minimum atomic E-state index is -4.78. The first kappa shape index (κ1) is 18.3. The van der Waals surface area contributed by atoms with Crippen LogP contribution in [-0.2, 0) is 6.18 Å². The fourth-order valence-corrected chi connectivity index (χ4v) is 3.34. The second kappa shape index (κ2) is 7.03. The predicted molar refractivity (Wildman–Crippen MR) is 87.0 cm³/mol. The second-order valence-electron chi connectivity index (χ2n) is 5.31. The number of aliphatic hydroxyl groups excluding tert-OH is 1. The summed E-state index contributed by atoms with van der Waals surface area (Å²) in [6.45, 7) is 0.0218. The van der Waals surface area contributed by atoms with Gasteiger partial charge in [-0.2, -0.15) is 13.2 Å². The Labute approximate surface area is 148 Å². The Balaban J connectivity index is 2.22. The molecule has 26 heavy (non-hydrogen) atoms. The number of rotatable bonds is 6. The van der Waals surface area contributed by atoms with Gasteiger partial charge in [-0.05, 0) is 24.7 Å². The van der Waals surface area contributed by atoms with Gasteiger partial charge in [0.2, 0.25) is 5.82 Å². The summed E-state index contributed by atoms with van der Waals surface area (Å²) < 4.78 is 40.7. The molecule has 0 saturated carbocycles. The molecule has 0 fully saturated rings. The Kier molecular flexibility index (Phi) is 4.96. The molecule has 0 unspecified atom stereocenters. The molecule has 0 aliphatic heterocycles. The highest BCUT2D eigenvalue weighted by molar-refractivity contribution is 7.99. The van der Waals surface area contributed by atoms with E-state index in [-0.39, 0.29) is 34.0 Å². The molecule has 2 aromatic heterocycles. The lowest BCUT2D eigenvalue weighted by Gasteiger charge is -2.09. The Morgan fingerprint density at radius 3 is 2.69 bits per heavy atom. The van der Waals surface area contributed by atoms with Gasteiger partial charge >= 0.3 is 6.18 Å². The van der Waals surface area contributed by atoms with Gasteiger partial charge in [-0.25, -0.2) is 4.98 Å². The molecule has 3 aromatic rings. The molecular formula is C14H12F3N5O3S. The average Bonchev–Trinajstić information content (AvgIpc) is 3.04. The summed E-state index contributed by atoms with van der Waals surface area (Å²) in [5, 5.41) is 26.8. The van der Waals surface area contributed by atoms with Crippen molar-refractivity contribution < 1.29 is 23.2 Å². The monoisotopic (exact) mass is 387 g/mol. The maximum atomic E-state index is 13.3. The maximum Gasteiger partial charge on any atom is 0.452 e. The fraction of sp³-hybridized carbons (Fsp3) is 0.357. The number of fused-ring (bicyclic) bond motifs is 3. The van der Waals surface area contributed by atoms with Crippen LogP contribution in [0.3, 0.4) is 0 Å². The molecule has 0 aliphatic carbocycles.